The van der Waals surface area contributed by atoms with Crippen LogP contribution in [-0.2, 0) is 0 Å². The van der Waals surface area contributed by atoms with Crippen molar-refractivity contribution in [1.29, 1.82) is 0 Å². The van der Waals surface area contributed by atoms with E-state index in [1.165, 1.54) is 6.07 Å². The number of hydrogen-bond acceptors (Lipinski definition) is 2. The van der Waals surface area contributed by atoms with Crippen LogP contribution in [-0.4, -0.2) is 5.91 Å². The first kappa shape index (κ1) is 13.1. The van der Waals surface area contributed by atoms with Crippen LogP contribution < -0.4 is 11.1 Å². The van der Waals surface area contributed by atoms with Gasteiger partial charge in [0.15, 0.2) is 0 Å². The normalized spacial score (nSPS) is 10.3. The van der Waals surface area contributed by atoms with E-state index >= 15 is 0 Å². The molecule has 1 amide bonds. The SMILES string of the molecule is Cc1ccc(F)c(NC(=O)c2cc(C)ccc2N)c1. The predicted octanol–water partition coefficient (Wildman–Crippen LogP) is 3.28. The number of hydrogen-bond donors (Lipinski definition) is 2. The van der Waals surface area contributed by atoms with Gasteiger partial charge in [0, 0.05) is 5.69 Å². The number of nitrogen functional groups attached to an aromatic ring is 1. The van der Waals surface area contributed by atoms with E-state index in [9.17, 15) is 9.18 Å². The lowest BCUT2D eigenvalue weighted by Crippen LogP contribution is -2.15. The molecular formula is C15H15FN2O. The monoisotopic (exact) mass is 258 g/mol. The fourth-order valence-electron chi connectivity index (χ4n) is 1.79. The molecule has 0 unspecified atom stereocenters. The first-order chi connectivity index (χ1) is 8.97. The van der Waals surface area contributed by atoms with E-state index < -0.39 is 11.7 Å². The maximum atomic E-state index is 13.6. The quantitative estimate of drug-likeness (QED) is 0.812. The summed E-state index contributed by atoms with van der Waals surface area (Å²) >= 11 is 0. The minimum absolute atomic E-state index is 0.158. The number of benzene rings is 2. The van der Waals surface area contributed by atoms with Gasteiger partial charge in [-0.1, -0.05) is 17.7 Å². The van der Waals surface area contributed by atoms with Crippen LogP contribution in [0.1, 0.15) is 21.5 Å². The number of aryl methyl sites for hydroxylation is 2. The van der Waals surface area contributed by atoms with Gasteiger partial charge in [0.2, 0.25) is 0 Å². The van der Waals surface area contributed by atoms with Crippen molar-refractivity contribution in [3.8, 4) is 0 Å². The molecule has 0 saturated heterocycles. The Labute approximate surface area is 111 Å². The van der Waals surface area contributed by atoms with Gasteiger partial charge >= 0.3 is 0 Å². The maximum Gasteiger partial charge on any atom is 0.257 e. The van der Waals surface area contributed by atoms with Gasteiger partial charge in [0.1, 0.15) is 5.82 Å². The summed E-state index contributed by atoms with van der Waals surface area (Å²) in [5.74, 6) is -0.879. The van der Waals surface area contributed by atoms with Crippen LogP contribution in [0.5, 0.6) is 0 Å². The van der Waals surface area contributed by atoms with Crippen LogP contribution in [0.15, 0.2) is 36.4 Å². The zero-order chi connectivity index (χ0) is 14.0. The van der Waals surface area contributed by atoms with Crippen molar-refractivity contribution in [2.75, 3.05) is 11.1 Å². The molecule has 0 aliphatic rings. The molecule has 0 spiro atoms. The maximum absolute atomic E-state index is 13.6. The Hall–Kier alpha value is -2.36. The Morgan fingerprint density at radius 2 is 1.74 bits per heavy atom. The third-order valence-corrected chi connectivity index (χ3v) is 2.82. The molecule has 3 nitrogen and oxygen atoms in total. The van der Waals surface area contributed by atoms with Crippen molar-refractivity contribution in [2.24, 2.45) is 0 Å². The molecule has 2 rings (SSSR count). The molecule has 0 aromatic heterocycles. The molecule has 0 aliphatic carbocycles. The van der Waals surface area contributed by atoms with E-state index in [-0.39, 0.29) is 5.69 Å². The number of anilines is 2. The van der Waals surface area contributed by atoms with Crippen molar-refractivity contribution < 1.29 is 9.18 Å². The van der Waals surface area contributed by atoms with Crippen LogP contribution in [0.3, 0.4) is 0 Å². The molecular weight excluding hydrogens is 243 g/mol. The summed E-state index contributed by atoms with van der Waals surface area (Å²) in [6.07, 6.45) is 0. The van der Waals surface area contributed by atoms with Crippen LogP contribution in [0, 0.1) is 19.7 Å². The number of nitrogens with two attached hydrogens (primary N) is 1. The Morgan fingerprint density at radius 1 is 1.11 bits per heavy atom. The molecule has 0 heterocycles. The van der Waals surface area contributed by atoms with E-state index in [0.717, 1.165) is 11.1 Å². The summed E-state index contributed by atoms with van der Waals surface area (Å²) < 4.78 is 13.6. The number of nitrogens with one attached hydrogen (secondary N) is 1. The molecule has 0 saturated carbocycles. The molecule has 0 aliphatic heterocycles. The topological polar surface area (TPSA) is 55.1 Å². The van der Waals surface area contributed by atoms with Gasteiger partial charge in [-0.15, -0.1) is 0 Å². The molecule has 0 bridgehead atoms. The predicted molar refractivity (Wildman–Crippen MR) is 74.7 cm³/mol. The molecule has 19 heavy (non-hydrogen) atoms. The zero-order valence-corrected chi connectivity index (χ0v) is 10.8. The number of carbonyl (C=O) groups excluding carboxylic acids is 1. The number of rotatable bonds is 2. The van der Waals surface area contributed by atoms with Gasteiger partial charge in [-0.25, -0.2) is 4.39 Å². The highest BCUT2D eigenvalue weighted by Gasteiger charge is 2.12. The van der Waals surface area contributed by atoms with Gasteiger partial charge in [0.25, 0.3) is 5.91 Å². The summed E-state index contributed by atoms with van der Waals surface area (Å²) in [4.78, 5) is 12.1. The molecule has 2 aromatic rings. The van der Waals surface area contributed by atoms with Gasteiger partial charge in [-0.3, -0.25) is 4.79 Å². The summed E-state index contributed by atoms with van der Waals surface area (Å²) in [5.41, 5.74) is 8.42. The van der Waals surface area contributed by atoms with Crippen LogP contribution >= 0.6 is 0 Å². The van der Waals surface area contributed by atoms with Crippen molar-refractivity contribution >= 4 is 17.3 Å². The minimum Gasteiger partial charge on any atom is -0.398 e. The largest absolute Gasteiger partial charge is 0.398 e. The standard InChI is InChI=1S/C15H15FN2O/c1-9-4-6-13(17)11(7-9)15(19)18-14-8-10(2)3-5-12(14)16/h3-8H,17H2,1-2H3,(H,18,19). The van der Waals surface area contributed by atoms with Crippen LogP contribution in [0.25, 0.3) is 0 Å². The molecule has 0 fully saturated rings. The average molecular weight is 258 g/mol. The lowest BCUT2D eigenvalue weighted by atomic mass is 10.1. The smallest absolute Gasteiger partial charge is 0.257 e. The highest BCUT2D eigenvalue weighted by atomic mass is 19.1. The Kier molecular flexibility index (Phi) is 3.51. The van der Waals surface area contributed by atoms with Gasteiger partial charge < -0.3 is 11.1 Å². The molecule has 2 aromatic carbocycles. The molecule has 98 valence electrons. The van der Waals surface area contributed by atoms with E-state index in [2.05, 4.69) is 5.32 Å². The lowest BCUT2D eigenvalue weighted by molar-refractivity contribution is 0.102. The second-order valence-corrected chi connectivity index (χ2v) is 4.53. The van der Waals surface area contributed by atoms with Crippen molar-refractivity contribution in [2.45, 2.75) is 13.8 Å². The third-order valence-electron chi connectivity index (χ3n) is 2.82. The summed E-state index contributed by atoms with van der Waals surface area (Å²) in [7, 11) is 0. The number of carbonyl (C=O) groups is 1. The summed E-state index contributed by atoms with van der Waals surface area (Å²) in [6, 6.07) is 9.71. The first-order valence-corrected chi connectivity index (χ1v) is 5.91. The Bertz CT molecular complexity index is 638. The first-order valence-electron chi connectivity index (χ1n) is 5.91. The molecule has 0 atom stereocenters. The fraction of sp³-hybridized carbons (Fsp3) is 0.133. The Morgan fingerprint density at radius 3 is 2.47 bits per heavy atom. The van der Waals surface area contributed by atoms with Gasteiger partial charge in [0.05, 0.1) is 11.3 Å². The van der Waals surface area contributed by atoms with Crippen molar-refractivity contribution in [3.05, 3.63) is 58.9 Å². The highest BCUT2D eigenvalue weighted by Crippen LogP contribution is 2.19. The van der Waals surface area contributed by atoms with E-state index in [1.807, 2.05) is 19.9 Å². The van der Waals surface area contributed by atoms with Crippen molar-refractivity contribution in [1.82, 2.24) is 0 Å². The zero-order valence-electron chi connectivity index (χ0n) is 10.8. The second-order valence-electron chi connectivity index (χ2n) is 4.53. The van der Waals surface area contributed by atoms with E-state index in [0.29, 0.717) is 11.3 Å². The van der Waals surface area contributed by atoms with Crippen LogP contribution in [0.2, 0.25) is 0 Å². The molecule has 4 heteroatoms. The van der Waals surface area contributed by atoms with E-state index in [1.54, 1.807) is 24.3 Å². The van der Waals surface area contributed by atoms with Crippen molar-refractivity contribution in [3.63, 3.8) is 0 Å². The molecule has 0 radical (unpaired) electrons. The minimum atomic E-state index is -0.467. The number of halogens is 1. The fourth-order valence-corrected chi connectivity index (χ4v) is 1.79. The third kappa shape index (κ3) is 2.91. The van der Waals surface area contributed by atoms with Crippen LogP contribution in [0.4, 0.5) is 15.8 Å². The molecule has 3 N–H and O–H groups in total. The van der Waals surface area contributed by atoms with Gasteiger partial charge in [-0.05, 0) is 43.7 Å². The highest BCUT2D eigenvalue weighted by molar-refractivity contribution is 6.07. The van der Waals surface area contributed by atoms with Gasteiger partial charge in [-0.2, -0.15) is 0 Å². The average Bonchev–Trinajstić information content (AvgIpc) is 2.36. The number of amides is 1. The lowest BCUT2D eigenvalue weighted by Gasteiger charge is -2.09. The van der Waals surface area contributed by atoms with E-state index in [4.69, 9.17) is 5.73 Å². The summed E-state index contributed by atoms with van der Waals surface area (Å²) in [6.45, 7) is 3.69. The second kappa shape index (κ2) is 5.10. The Balaban J connectivity index is 2.30. The summed E-state index contributed by atoms with van der Waals surface area (Å²) in [5, 5.41) is 2.54.